The zero-order chi connectivity index (χ0) is 14.8. The minimum absolute atomic E-state index is 0.109. The lowest BCUT2D eigenvalue weighted by Crippen LogP contribution is -2.27. The number of aryl methyl sites for hydroxylation is 1. The van der Waals surface area contributed by atoms with Gasteiger partial charge in [0.1, 0.15) is 11.5 Å². The van der Waals surface area contributed by atoms with Gasteiger partial charge in [0.2, 0.25) is 10.0 Å². The third-order valence-corrected chi connectivity index (χ3v) is 4.28. The maximum atomic E-state index is 12.1. The molecule has 0 aliphatic heterocycles. The van der Waals surface area contributed by atoms with Crippen molar-refractivity contribution in [2.24, 2.45) is 0 Å². The number of anilines is 1. The molecule has 0 fully saturated rings. The van der Waals surface area contributed by atoms with Crippen LogP contribution >= 0.6 is 0 Å². The Labute approximate surface area is 118 Å². The smallest absolute Gasteiger partial charge is 0.216 e. The second kappa shape index (κ2) is 5.68. The molecule has 1 aromatic carbocycles. The van der Waals surface area contributed by atoms with Gasteiger partial charge in [-0.05, 0) is 43.7 Å². The Bertz CT molecular complexity index is 692. The standard InChI is InChI=1S/C14H18N2O3S/c1-10-6-7-14(19-10)11(2)16-20(17,18)9-12-4-3-5-13(15)8-12/h3-8,11,16H,9,15H2,1-2H3. The molecule has 1 aromatic heterocycles. The highest BCUT2D eigenvalue weighted by Gasteiger charge is 2.18. The van der Waals surface area contributed by atoms with Crippen LogP contribution in [0.1, 0.15) is 30.0 Å². The average molecular weight is 294 g/mol. The number of hydrogen-bond acceptors (Lipinski definition) is 4. The molecule has 3 N–H and O–H groups in total. The van der Waals surface area contributed by atoms with Crippen LogP contribution in [-0.2, 0) is 15.8 Å². The van der Waals surface area contributed by atoms with Gasteiger partial charge in [0, 0.05) is 5.69 Å². The molecule has 1 unspecified atom stereocenters. The van der Waals surface area contributed by atoms with E-state index >= 15 is 0 Å². The maximum Gasteiger partial charge on any atom is 0.216 e. The molecule has 5 nitrogen and oxygen atoms in total. The number of nitrogens with one attached hydrogen (secondary N) is 1. The van der Waals surface area contributed by atoms with Crippen molar-refractivity contribution >= 4 is 15.7 Å². The van der Waals surface area contributed by atoms with Crippen molar-refractivity contribution in [2.75, 3.05) is 5.73 Å². The third kappa shape index (κ3) is 3.85. The predicted molar refractivity (Wildman–Crippen MR) is 78.5 cm³/mol. The van der Waals surface area contributed by atoms with Gasteiger partial charge in [-0.3, -0.25) is 0 Å². The summed E-state index contributed by atoms with van der Waals surface area (Å²) in [6.07, 6.45) is 0. The fourth-order valence-corrected chi connectivity index (χ4v) is 3.31. The maximum absolute atomic E-state index is 12.1. The summed E-state index contributed by atoms with van der Waals surface area (Å²) in [5.74, 6) is 1.24. The van der Waals surface area contributed by atoms with E-state index in [1.165, 1.54) is 0 Å². The molecule has 2 rings (SSSR count). The second-order valence-electron chi connectivity index (χ2n) is 4.79. The molecule has 6 heteroatoms. The molecule has 0 spiro atoms. The van der Waals surface area contributed by atoms with Crippen LogP contribution in [0.15, 0.2) is 40.8 Å². The minimum Gasteiger partial charge on any atom is -0.465 e. The van der Waals surface area contributed by atoms with Crippen molar-refractivity contribution < 1.29 is 12.8 Å². The Balaban J connectivity index is 2.07. The average Bonchev–Trinajstić information content (AvgIpc) is 2.74. The summed E-state index contributed by atoms with van der Waals surface area (Å²) in [6.45, 7) is 3.56. The van der Waals surface area contributed by atoms with Crippen LogP contribution < -0.4 is 10.5 Å². The summed E-state index contributed by atoms with van der Waals surface area (Å²) in [4.78, 5) is 0. The lowest BCUT2D eigenvalue weighted by molar-refractivity contribution is 0.441. The Morgan fingerprint density at radius 3 is 2.65 bits per heavy atom. The van der Waals surface area contributed by atoms with Crippen LogP contribution in [0.4, 0.5) is 5.69 Å². The monoisotopic (exact) mass is 294 g/mol. The number of nitrogens with two attached hydrogens (primary N) is 1. The zero-order valence-corrected chi connectivity index (χ0v) is 12.3. The number of nitrogen functional groups attached to an aromatic ring is 1. The molecular formula is C14H18N2O3S. The molecule has 1 heterocycles. The van der Waals surface area contributed by atoms with Crippen molar-refractivity contribution in [2.45, 2.75) is 25.6 Å². The number of furan rings is 1. The number of rotatable bonds is 5. The van der Waals surface area contributed by atoms with Crippen molar-refractivity contribution in [3.05, 3.63) is 53.5 Å². The number of sulfonamides is 1. The van der Waals surface area contributed by atoms with Gasteiger partial charge in [-0.25, -0.2) is 13.1 Å². The third-order valence-electron chi connectivity index (χ3n) is 2.85. The molecule has 0 amide bonds. The van der Waals surface area contributed by atoms with Crippen molar-refractivity contribution in [3.8, 4) is 0 Å². The number of benzene rings is 1. The van der Waals surface area contributed by atoms with Gasteiger partial charge in [-0.1, -0.05) is 12.1 Å². The zero-order valence-electron chi connectivity index (χ0n) is 11.5. The first-order chi connectivity index (χ1) is 9.35. The SMILES string of the molecule is Cc1ccc(C(C)NS(=O)(=O)Cc2cccc(N)c2)o1. The predicted octanol–water partition coefficient (Wildman–Crippen LogP) is 2.35. The molecular weight excluding hydrogens is 276 g/mol. The van der Waals surface area contributed by atoms with Crippen LogP contribution in [0.2, 0.25) is 0 Å². The summed E-state index contributed by atoms with van der Waals surface area (Å²) < 4.78 is 32.2. The first-order valence-electron chi connectivity index (χ1n) is 6.26. The van der Waals surface area contributed by atoms with Gasteiger partial charge in [0.05, 0.1) is 11.8 Å². The lowest BCUT2D eigenvalue weighted by atomic mass is 10.2. The largest absolute Gasteiger partial charge is 0.465 e. The van der Waals surface area contributed by atoms with Gasteiger partial charge in [0.25, 0.3) is 0 Å². The summed E-state index contributed by atoms with van der Waals surface area (Å²) >= 11 is 0. The van der Waals surface area contributed by atoms with Crippen molar-refractivity contribution in [1.29, 1.82) is 0 Å². The fraction of sp³-hybridized carbons (Fsp3) is 0.286. The molecule has 108 valence electrons. The molecule has 0 saturated carbocycles. The van der Waals surface area contributed by atoms with E-state index in [1.807, 2.05) is 6.92 Å². The van der Waals surface area contributed by atoms with E-state index in [2.05, 4.69) is 4.72 Å². The summed E-state index contributed by atoms with van der Waals surface area (Å²) in [5.41, 5.74) is 6.84. The normalized spacial score (nSPS) is 13.3. The van der Waals surface area contributed by atoms with Crippen LogP contribution in [0.3, 0.4) is 0 Å². The highest BCUT2D eigenvalue weighted by Crippen LogP contribution is 2.18. The summed E-state index contributed by atoms with van der Waals surface area (Å²) in [5, 5.41) is 0. The van der Waals surface area contributed by atoms with Crippen molar-refractivity contribution in [1.82, 2.24) is 4.72 Å². The van der Waals surface area contributed by atoms with Crippen LogP contribution in [0.5, 0.6) is 0 Å². The lowest BCUT2D eigenvalue weighted by Gasteiger charge is -2.12. The Morgan fingerprint density at radius 1 is 1.30 bits per heavy atom. The molecule has 20 heavy (non-hydrogen) atoms. The molecule has 0 radical (unpaired) electrons. The van der Waals surface area contributed by atoms with E-state index in [0.717, 1.165) is 5.76 Å². The highest BCUT2D eigenvalue weighted by molar-refractivity contribution is 7.88. The van der Waals surface area contributed by atoms with Crippen molar-refractivity contribution in [3.63, 3.8) is 0 Å². The van der Waals surface area contributed by atoms with Crippen LogP contribution in [0.25, 0.3) is 0 Å². The fourth-order valence-electron chi connectivity index (χ4n) is 1.96. The Hall–Kier alpha value is -1.79. The van der Waals surface area contributed by atoms with Gasteiger partial charge in [-0.2, -0.15) is 0 Å². The van der Waals surface area contributed by atoms with E-state index in [-0.39, 0.29) is 5.75 Å². The van der Waals surface area contributed by atoms with E-state index in [4.69, 9.17) is 10.2 Å². The first-order valence-corrected chi connectivity index (χ1v) is 7.92. The summed E-state index contributed by atoms with van der Waals surface area (Å²) in [7, 11) is -3.46. The highest BCUT2D eigenvalue weighted by atomic mass is 32.2. The molecule has 0 bridgehead atoms. The van der Waals surface area contributed by atoms with Gasteiger partial charge in [0.15, 0.2) is 0 Å². The molecule has 2 aromatic rings. The summed E-state index contributed by atoms with van der Waals surface area (Å²) in [6, 6.07) is 10.0. The van der Waals surface area contributed by atoms with Crippen LogP contribution in [0, 0.1) is 6.92 Å². The van der Waals surface area contributed by atoms with Gasteiger partial charge < -0.3 is 10.2 Å². The quantitative estimate of drug-likeness (QED) is 0.829. The molecule has 1 atom stereocenters. The van der Waals surface area contributed by atoms with Gasteiger partial charge in [-0.15, -0.1) is 0 Å². The second-order valence-corrected chi connectivity index (χ2v) is 6.55. The molecule has 0 aliphatic carbocycles. The van der Waals surface area contributed by atoms with E-state index in [9.17, 15) is 8.42 Å². The van der Waals surface area contributed by atoms with E-state index in [0.29, 0.717) is 17.0 Å². The van der Waals surface area contributed by atoms with Crippen LogP contribution in [-0.4, -0.2) is 8.42 Å². The van der Waals surface area contributed by atoms with E-state index < -0.39 is 16.1 Å². The topological polar surface area (TPSA) is 85.3 Å². The first kappa shape index (κ1) is 14.6. The molecule has 0 saturated heterocycles. The Morgan fingerprint density at radius 2 is 2.05 bits per heavy atom. The molecule has 0 aliphatic rings. The number of hydrogen-bond donors (Lipinski definition) is 2. The van der Waals surface area contributed by atoms with E-state index in [1.54, 1.807) is 43.3 Å². The Kier molecular flexibility index (Phi) is 4.15. The minimum atomic E-state index is -3.46. The van der Waals surface area contributed by atoms with Gasteiger partial charge >= 0.3 is 0 Å².